The molecule has 1 heterocycles. The Kier molecular flexibility index (Phi) is 7.43. The lowest BCUT2D eigenvalue weighted by Crippen LogP contribution is -2.38. The van der Waals surface area contributed by atoms with Crippen molar-refractivity contribution < 1.29 is 19.1 Å². The van der Waals surface area contributed by atoms with Crippen molar-refractivity contribution in [1.29, 1.82) is 0 Å². The third kappa shape index (κ3) is 5.58. The van der Waals surface area contributed by atoms with Crippen molar-refractivity contribution in [3.8, 4) is 16.2 Å². The second-order valence-corrected chi connectivity index (χ2v) is 6.18. The summed E-state index contributed by atoms with van der Waals surface area (Å²) in [6, 6.07) is 11.6. The predicted octanol–water partition coefficient (Wildman–Crippen LogP) is 2.31. The average molecular weight is 362 g/mol. The Morgan fingerprint density at radius 3 is 2.60 bits per heavy atom. The fourth-order valence-electron chi connectivity index (χ4n) is 2.14. The molecule has 2 amide bonds. The van der Waals surface area contributed by atoms with Crippen LogP contribution >= 0.6 is 11.3 Å². The Balaban J connectivity index is 2.05. The zero-order valence-electron chi connectivity index (χ0n) is 14.3. The zero-order valence-corrected chi connectivity index (χ0v) is 15.2. The minimum absolute atomic E-state index is 0.0906. The highest BCUT2D eigenvalue weighted by molar-refractivity contribution is 7.17. The molecule has 1 aromatic heterocycles. The lowest BCUT2D eigenvalue weighted by molar-refractivity contribution is -0.120. The normalized spacial score (nSPS) is 10.3. The Labute approximate surface area is 151 Å². The van der Waals surface area contributed by atoms with Crippen LogP contribution in [0.25, 0.3) is 10.4 Å². The van der Waals surface area contributed by atoms with Crippen LogP contribution < -0.4 is 15.4 Å². The maximum Gasteiger partial charge on any atom is 0.265 e. The molecule has 0 aliphatic rings. The van der Waals surface area contributed by atoms with Crippen molar-refractivity contribution in [2.75, 3.05) is 33.4 Å². The van der Waals surface area contributed by atoms with Gasteiger partial charge in [-0.25, -0.2) is 0 Å². The van der Waals surface area contributed by atoms with E-state index in [1.807, 2.05) is 43.3 Å². The SMILES string of the molecule is CCOc1cc(-c2ccccc2)sc1C(=O)NCC(=O)NCCOC. The fourth-order valence-corrected chi connectivity index (χ4v) is 3.16. The number of hydrogen-bond donors (Lipinski definition) is 2. The van der Waals surface area contributed by atoms with Crippen LogP contribution in [-0.4, -0.2) is 45.2 Å². The zero-order chi connectivity index (χ0) is 18.1. The second kappa shape index (κ2) is 9.80. The summed E-state index contributed by atoms with van der Waals surface area (Å²) in [5.41, 5.74) is 1.02. The first-order chi connectivity index (χ1) is 12.2. The minimum Gasteiger partial charge on any atom is -0.492 e. The predicted molar refractivity (Wildman–Crippen MR) is 98.1 cm³/mol. The van der Waals surface area contributed by atoms with E-state index in [0.29, 0.717) is 30.4 Å². The molecule has 0 saturated carbocycles. The molecule has 0 aliphatic carbocycles. The number of ether oxygens (including phenoxy) is 2. The molecule has 0 radical (unpaired) electrons. The van der Waals surface area contributed by atoms with Gasteiger partial charge in [-0.05, 0) is 18.6 Å². The van der Waals surface area contributed by atoms with Gasteiger partial charge >= 0.3 is 0 Å². The van der Waals surface area contributed by atoms with E-state index in [1.54, 1.807) is 7.11 Å². The third-order valence-corrected chi connectivity index (χ3v) is 4.46. The largest absolute Gasteiger partial charge is 0.492 e. The van der Waals surface area contributed by atoms with Crippen LogP contribution in [0, 0.1) is 0 Å². The number of carbonyl (C=O) groups is 2. The van der Waals surface area contributed by atoms with Gasteiger partial charge in [0.2, 0.25) is 5.91 Å². The molecule has 0 saturated heterocycles. The molecule has 0 bridgehead atoms. The Morgan fingerprint density at radius 1 is 1.16 bits per heavy atom. The molecular formula is C18H22N2O4S. The van der Waals surface area contributed by atoms with E-state index in [0.717, 1.165) is 10.4 Å². The molecule has 7 heteroatoms. The molecule has 0 spiro atoms. The number of rotatable bonds is 9. The number of thiophene rings is 1. The maximum absolute atomic E-state index is 12.4. The van der Waals surface area contributed by atoms with Gasteiger partial charge in [-0.2, -0.15) is 0 Å². The van der Waals surface area contributed by atoms with Gasteiger partial charge in [0.25, 0.3) is 5.91 Å². The quantitative estimate of drug-likeness (QED) is 0.671. The van der Waals surface area contributed by atoms with Crippen LogP contribution in [0.1, 0.15) is 16.6 Å². The molecule has 2 rings (SSSR count). The molecular weight excluding hydrogens is 340 g/mol. The monoisotopic (exact) mass is 362 g/mol. The van der Waals surface area contributed by atoms with Crippen molar-refractivity contribution in [1.82, 2.24) is 10.6 Å². The topological polar surface area (TPSA) is 76.7 Å². The lowest BCUT2D eigenvalue weighted by atomic mass is 10.2. The third-order valence-electron chi connectivity index (χ3n) is 3.30. The Hall–Kier alpha value is -2.38. The molecule has 0 unspecified atom stereocenters. The summed E-state index contributed by atoms with van der Waals surface area (Å²) in [4.78, 5) is 25.5. The van der Waals surface area contributed by atoms with Gasteiger partial charge in [-0.15, -0.1) is 11.3 Å². The molecule has 6 nitrogen and oxygen atoms in total. The van der Waals surface area contributed by atoms with Gasteiger partial charge in [-0.3, -0.25) is 9.59 Å². The molecule has 1 aromatic carbocycles. The van der Waals surface area contributed by atoms with E-state index < -0.39 is 0 Å². The molecule has 2 N–H and O–H groups in total. The standard InChI is InChI=1S/C18H22N2O4S/c1-3-24-14-11-15(13-7-5-4-6-8-13)25-17(14)18(22)20-12-16(21)19-9-10-23-2/h4-8,11H,3,9-10,12H2,1-2H3,(H,19,21)(H,20,22). The number of benzene rings is 1. The highest BCUT2D eigenvalue weighted by Crippen LogP contribution is 2.36. The number of amides is 2. The summed E-state index contributed by atoms with van der Waals surface area (Å²) in [7, 11) is 1.56. The first-order valence-corrected chi connectivity index (χ1v) is 8.83. The molecule has 0 aliphatic heterocycles. The van der Waals surface area contributed by atoms with E-state index in [1.165, 1.54) is 11.3 Å². The summed E-state index contributed by atoms with van der Waals surface area (Å²) in [6.45, 7) is 3.08. The van der Waals surface area contributed by atoms with Gasteiger partial charge in [0.1, 0.15) is 10.6 Å². The average Bonchev–Trinajstić information content (AvgIpc) is 3.05. The minimum atomic E-state index is -0.322. The molecule has 25 heavy (non-hydrogen) atoms. The summed E-state index contributed by atoms with van der Waals surface area (Å²) in [5.74, 6) is -0.0515. The summed E-state index contributed by atoms with van der Waals surface area (Å²) in [5, 5.41) is 5.28. The van der Waals surface area contributed by atoms with Gasteiger partial charge in [0, 0.05) is 18.5 Å². The summed E-state index contributed by atoms with van der Waals surface area (Å²) in [6.07, 6.45) is 0. The van der Waals surface area contributed by atoms with Crippen LogP contribution in [0.4, 0.5) is 0 Å². The van der Waals surface area contributed by atoms with Crippen LogP contribution in [0.15, 0.2) is 36.4 Å². The second-order valence-electron chi connectivity index (χ2n) is 5.13. The number of carbonyl (C=O) groups excluding carboxylic acids is 2. The number of nitrogens with one attached hydrogen (secondary N) is 2. The smallest absolute Gasteiger partial charge is 0.265 e. The fraction of sp³-hybridized carbons (Fsp3) is 0.333. The Morgan fingerprint density at radius 2 is 1.92 bits per heavy atom. The van der Waals surface area contributed by atoms with E-state index >= 15 is 0 Å². The summed E-state index contributed by atoms with van der Waals surface area (Å²) >= 11 is 1.35. The maximum atomic E-state index is 12.4. The molecule has 0 fully saturated rings. The molecule has 0 atom stereocenters. The van der Waals surface area contributed by atoms with Crippen LogP contribution in [0.3, 0.4) is 0 Å². The summed E-state index contributed by atoms with van der Waals surface area (Å²) < 4.78 is 10.4. The van der Waals surface area contributed by atoms with Crippen molar-refractivity contribution in [3.05, 3.63) is 41.3 Å². The van der Waals surface area contributed by atoms with E-state index in [4.69, 9.17) is 9.47 Å². The van der Waals surface area contributed by atoms with Crippen LogP contribution in [-0.2, 0) is 9.53 Å². The van der Waals surface area contributed by atoms with E-state index in [9.17, 15) is 9.59 Å². The molecule has 134 valence electrons. The van der Waals surface area contributed by atoms with E-state index in [2.05, 4.69) is 10.6 Å². The van der Waals surface area contributed by atoms with Gasteiger partial charge < -0.3 is 20.1 Å². The highest BCUT2D eigenvalue weighted by Gasteiger charge is 2.18. The first kappa shape index (κ1) is 19.0. The van der Waals surface area contributed by atoms with Crippen LogP contribution in [0.5, 0.6) is 5.75 Å². The number of methoxy groups -OCH3 is 1. The van der Waals surface area contributed by atoms with Crippen molar-refractivity contribution in [3.63, 3.8) is 0 Å². The van der Waals surface area contributed by atoms with Crippen LogP contribution in [0.2, 0.25) is 0 Å². The lowest BCUT2D eigenvalue weighted by Gasteiger charge is -2.07. The highest BCUT2D eigenvalue weighted by atomic mass is 32.1. The van der Waals surface area contributed by atoms with Crippen molar-refractivity contribution >= 4 is 23.2 Å². The van der Waals surface area contributed by atoms with Crippen molar-refractivity contribution in [2.24, 2.45) is 0 Å². The Bertz CT molecular complexity index is 700. The van der Waals surface area contributed by atoms with Gasteiger partial charge in [0.15, 0.2) is 0 Å². The first-order valence-electron chi connectivity index (χ1n) is 8.01. The molecule has 2 aromatic rings. The van der Waals surface area contributed by atoms with E-state index in [-0.39, 0.29) is 18.4 Å². The number of hydrogen-bond acceptors (Lipinski definition) is 5. The van der Waals surface area contributed by atoms with Gasteiger partial charge in [-0.1, -0.05) is 30.3 Å². The van der Waals surface area contributed by atoms with Gasteiger partial charge in [0.05, 0.1) is 19.8 Å². The van der Waals surface area contributed by atoms with Crippen molar-refractivity contribution in [2.45, 2.75) is 6.92 Å².